The molecule has 118 valence electrons. The third kappa shape index (κ3) is 2.55. The second kappa shape index (κ2) is 5.78. The highest BCUT2D eigenvalue weighted by Gasteiger charge is 2.25. The average Bonchev–Trinajstić information content (AvgIpc) is 2.88. The van der Waals surface area contributed by atoms with Crippen LogP contribution in [0.3, 0.4) is 0 Å². The van der Waals surface area contributed by atoms with E-state index in [2.05, 4.69) is 11.0 Å². The van der Waals surface area contributed by atoms with Gasteiger partial charge in [0.25, 0.3) is 0 Å². The molecular formula is C15H14N4O3S. The number of nitro groups is 1. The van der Waals surface area contributed by atoms with Gasteiger partial charge in [-0.05, 0) is 18.1 Å². The van der Waals surface area contributed by atoms with Crippen molar-refractivity contribution in [3.05, 3.63) is 44.3 Å². The molecule has 3 rings (SSSR count). The van der Waals surface area contributed by atoms with Crippen LogP contribution >= 0.6 is 11.3 Å². The van der Waals surface area contributed by atoms with Gasteiger partial charge in [-0.25, -0.2) is 0 Å². The summed E-state index contributed by atoms with van der Waals surface area (Å²) in [7, 11) is 1.42. The molecule has 1 aromatic heterocycles. The maximum atomic E-state index is 11.0. The Balaban J connectivity index is 1.92. The highest BCUT2D eigenvalue weighted by Crippen LogP contribution is 2.38. The van der Waals surface area contributed by atoms with Crippen molar-refractivity contribution < 1.29 is 9.66 Å². The first-order valence-electron chi connectivity index (χ1n) is 6.92. The lowest BCUT2D eigenvalue weighted by molar-refractivity contribution is -0.385. The summed E-state index contributed by atoms with van der Waals surface area (Å²) in [5, 5.41) is 20.7. The number of thiophene rings is 1. The second-order valence-corrected chi connectivity index (χ2v) is 6.28. The Bertz CT molecular complexity index is 825. The van der Waals surface area contributed by atoms with Gasteiger partial charge in [-0.2, -0.15) is 5.26 Å². The Morgan fingerprint density at radius 2 is 2.30 bits per heavy atom. The summed E-state index contributed by atoms with van der Waals surface area (Å²) in [5.41, 5.74) is 8.31. The minimum Gasteiger partial charge on any atom is -0.490 e. The smallest absolute Gasteiger partial charge is 0.311 e. The van der Waals surface area contributed by atoms with E-state index in [0.29, 0.717) is 17.1 Å². The van der Waals surface area contributed by atoms with Crippen LogP contribution in [-0.2, 0) is 13.0 Å². The third-order valence-electron chi connectivity index (χ3n) is 3.92. The quantitative estimate of drug-likeness (QED) is 0.685. The Labute approximate surface area is 136 Å². The zero-order chi connectivity index (χ0) is 16.6. The van der Waals surface area contributed by atoms with E-state index in [4.69, 9.17) is 10.5 Å². The summed E-state index contributed by atoms with van der Waals surface area (Å²) in [4.78, 5) is 13.7. The zero-order valence-electron chi connectivity index (χ0n) is 12.4. The fourth-order valence-electron chi connectivity index (χ4n) is 2.78. The number of anilines is 2. The molecule has 1 aromatic carbocycles. The van der Waals surface area contributed by atoms with E-state index in [9.17, 15) is 15.4 Å². The van der Waals surface area contributed by atoms with Gasteiger partial charge in [0, 0.05) is 29.2 Å². The van der Waals surface area contributed by atoms with Gasteiger partial charge in [0.15, 0.2) is 5.75 Å². The van der Waals surface area contributed by atoms with Crippen LogP contribution in [0.4, 0.5) is 16.4 Å². The van der Waals surface area contributed by atoms with Gasteiger partial charge in [0.05, 0.1) is 24.1 Å². The maximum absolute atomic E-state index is 11.0. The Kier molecular flexibility index (Phi) is 3.80. The molecule has 7 nitrogen and oxygen atoms in total. The van der Waals surface area contributed by atoms with E-state index < -0.39 is 4.92 Å². The lowest BCUT2D eigenvalue weighted by Gasteiger charge is -2.29. The van der Waals surface area contributed by atoms with Crippen molar-refractivity contribution >= 4 is 27.7 Å². The van der Waals surface area contributed by atoms with Gasteiger partial charge < -0.3 is 15.4 Å². The van der Waals surface area contributed by atoms with E-state index >= 15 is 0 Å². The Morgan fingerprint density at radius 1 is 1.52 bits per heavy atom. The van der Waals surface area contributed by atoms with Crippen LogP contribution in [0.2, 0.25) is 0 Å². The zero-order valence-corrected chi connectivity index (χ0v) is 13.2. The van der Waals surface area contributed by atoms with Crippen LogP contribution in [0.1, 0.15) is 16.0 Å². The highest BCUT2D eigenvalue weighted by atomic mass is 32.1. The first kappa shape index (κ1) is 15.1. The molecule has 0 atom stereocenters. The van der Waals surface area contributed by atoms with E-state index in [-0.39, 0.29) is 11.4 Å². The number of benzene rings is 1. The topological polar surface area (TPSA) is 105 Å². The van der Waals surface area contributed by atoms with Gasteiger partial charge in [0.1, 0.15) is 11.1 Å². The predicted molar refractivity (Wildman–Crippen MR) is 87.8 cm³/mol. The standard InChI is InChI=1S/C15H14N4O3S/c1-22-13-6-9(2-3-12(13)19(20)21)18-5-4-10-11(7-16)15(17)23-14(10)8-18/h2-3,6H,4-5,8,17H2,1H3. The summed E-state index contributed by atoms with van der Waals surface area (Å²) < 4.78 is 5.12. The summed E-state index contributed by atoms with van der Waals surface area (Å²) in [5.74, 6) is 0.238. The number of nitrogens with zero attached hydrogens (tertiary/aromatic N) is 3. The van der Waals surface area contributed by atoms with Gasteiger partial charge in [0.2, 0.25) is 0 Å². The van der Waals surface area contributed by atoms with E-state index in [1.54, 1.807) is 12.1 Å². The van der Waals surface area contributed by atoms with Crippen LogP contribution in [0.25, 0.3) is 0 Å². The Morgan fingerprint density at radius 3 is 2.96 bits per heavy atom. The number of nitrogen functional groups attached to an aromatic ring is 1. The van der Waals surface area contributed by atoms with Gasteiger partial charge in [-0.1, -0.05) is 0 Å². The molecule has 0 fully saturated rings. The van der Waals surface area contributed by atoms with Crippen LogP contribution in [0.5, 0.6) is 5.75 Å². The molecule has 0 spiro atoms. The first-order valence-corrected chi connectivity index (χ1v) is 7.74. The molecule has 2 N–H and O–H groups in total. The molecule has 0 amide bonds. The number of fused-ring (bicyclic) bond motifs is 1. The SMILES string of the molecule is COc1cc(N2CCc3c(sc(N)c3C#N)C2)ccc1[N+](=O)[O-]. The monoisotopic (exact) mass is 330 g/mol. The number of hydrogen-bond donors (Lipinski definition) is 1. The summed E-state index contributed by atoms with van der Waals surface area (Å²) in [6.07, 6.45) is 0.727. The number of nitriles is 1. The van der Waals surface area contributed by atoms with Crippen LogP contribution in [0, 0.1) is 21.4 Å². The van der Waals surface area contributed by atoms with Crippen molar-refractivity contribution in [2.45, 2.75) is 13.0 Å². The van der Waals surface area contributed by atoms with E-state index in [1.165, 1.54) is 24.5 Å². The minimum absolute atomic E-state index is 0.0546. The molecule has 0 saturated carbocycles. The normalized spacial score (nSPS) is 13.3. The molecule has 0 saturated heterocycles. The second-order valence-electron chi connectivity index (χ2n) is 5.14. The molecule has 8 heteroatoms. The highest BCUT2D eigenvalue weighted by molar-refractivity contribution is 7.16. The molecule has 0 radical (unpaired) electrons. The molecule has 2 heterocycles. The predicted octanol–water partition coefficient (Wildman–Crippen LogP) is 2.68. The van der Waals surface area contributed by atoms with Gasteiger partial charge >= 0.3 is 5.69 Å². The van der Waals surface area contributed by atoms with Gasteiger partial charge in [-0.3, -0.25) is 10.1 Å². The number of nitrogens with two attached hydrogens (primary N) is 1. The number of ether oxygens (including phenoxy) is 1. The van der Waals surface area contributed by atoms with Crippen molar-refractivity contribution in [3.8, 4) is 11.8 Å². The number of rotatable bonds is 3. The largest absolute Gasteiger partial charge is 0.490 e. The van der Waals surface area contributed by atoms with Crippen LogP contribution in [0.15, 0.2) is 18.2 Å². The first-order chi connectivity index (χ1) is 11.0. The van der Waals surface area contributed by atoms with Crippen molar-refractivity contribution in [3.63, 3.8) is 0 Å². The van der Waals surface area contributed by atoms with E-state index in [1.807, 2.05) is 0 Å². The average molecular weight is 330 g/mol. The minimum atomic E-state index is -0.462. The molecule has 1 aliphatic heterocycles. The van der Waals surface area contributed by atoms with Gasteiger partial charge in [-0.15, -0.1) is 11.3 Å². The fourth-order valence-corrected chi connectivity index (χ4v) is 3.87. The Hall–Kier alpha value is -2.79. The number of methoxy groups -OCH3 is 1. The molecule has 23 heavy (non-hydrogen) atoms. The molecule has 2 aromatic rings. The van der Waals surface area contributed by atoms with Crippen LogP contribution < -0.4 is 15.4 Å². The summed E-state index contributed by atoms with van der Waals surface area (Å²) >= 11 is 1.43. The molecule has 0 unspecified atom stereocenters. The molecule has 1 aliphatic rings. The summed E-state index contributed by atoms with van der Waals surface area (Å²) in [6, 6.07) is 7.01. The summed E-state index contributed by atoms with van der Waals surface area (Å²) in [6.45, 7) is 1.35. The van der Waals surface area contributed by atoms with Crippen molar-refractivity contribution in [2.24, 2.45) is 0 Å². The molecular weight excluding hydrogens is 316 g/mol. The molecule has 0 aliphatic carbocycles. The molecule has 0 bridgehead atoms. The van der Waals surface area contributed by atoms with Crippen molar-refractivity contribution in [1.29, 1.82) is 5.26 Å². The number of nitro benzene ring substituents is 1. The maximum Gasteiger partial charge on any atom is 0.311 e. The van der Waals surface area contributed by atoms with Crippen LogP contribution in [-0.4, -0.2) is 18.6 Å². The van der Waals surface area contributed by atoms with Crippen molar-refractivity contribution in [1.82, 2.24) is 0 Å². The lowest BCUT2D eigenvalue weighted by atomic mass is 10.0. The lowest BCUT2D eigenvalue weighted by Crippen LogP contribution is -2.29. The number of hydrogen-bond acceptors (Lipinski definition) is 7. The third-order valence-corrected chi connectivity index (χ3v) is 4.97. The fraction of sp³-hybridized carbons (Fsp3) is 0.267. The van der Waals surface area contributed by atoms with Crippen molar-refractivity contribution in [2.75, 3.05) is 24.3 Å². The van der Waals surface area contributed by atoms with E-state index in [0.717, 1.165) is 29.1 Å².